The molecule has 2 atom stereocenters. The molecule has 3 heterocycles. The summed E-state index contributed by atoms with van der Waals surface area (Å²) in [5, 5.41) is 12.3. The highest BCUT2D eigenvalue weighted by Gasteiger charge is 2.33. The van der Waals surface area contributed by atoms with Gasteiger partial charge in [0, 0.05) is 46.8 Å². The summed E-state index contributed by atoms with van der Waals surface area (Å²) in [6.07, 6.45) is 5.01. The molecule has 168 valence electrons. The van der Waals surface area contributed by atoms with Gasteiger partial charge in [-0.25, -0.2) is 17.5 Å². The quantitative estimate of drug-likeness (QED) is 0.522. The topological polar surface area (TPSA) is 109 Å². The lowest BCUT2D eigenvalue weighted by atomic mass is 10.0. The molecule has 0 radical (unpaired) electrons. The first kappa shape index (κ1) is 20.1. The molecule has 11 heteroatoms. The predicted octanol–water partition coefficient (Wildman–Crippen LogP) is 3.69. The summed E-state index contributed by atoms with van der Waals surface area (Å²) in [7, 11) is -3.62. The van der Waals surface area contributed by atoms with Crippen molar-refractivity contribution in [2.75, 3.05) is 5.32 Å². The minimum absolute atomic E-state index is 0.0195. The van der Waals surface area contributed by atoms with Crippen molar-refractivity contribution in [1.29, 1.82) is 0 Å². The zero-order valence-electron chi connectivity index (χ0n) is 17.1. The molecule has 3 aliphatic rings. The van der Waals surface area contributed by atoms with Crippen molar-refractivity contribution in [3.63, 3.8) is 0 Å². The van der Waals surface area contributed by atoms with Crippen molar-refractivity contribution in [3.05, 3.63) is 56.6 Å². The van der Waals surface area contributed by atoms with Crippen molar-refractivity contribution in [2.45, 2.75) is 61.4 Å². The van der Waals surface area contributed by atoms with Gasteiger partial charge in [-0.3, -0.25) is 13.8 Å². The number of H-pyrrole nitrogens is 1. The Hall–Kier alpha value is -2.50. The zero-order chi connectivity index (χ0) is 22.0. The Morgan fingerprint density at radius 3 is 2.81 bits per heavy atom. The number of benzene rings is 1. The second-order valence-electron chi connectivity index (χ2n) is 8.81. The monoisotopic (exact) mass is 475 g/mol. The Bertz CT molecular complexity index is 1370. The van der Waals surface area contributed by atoms with Crippen LogP contribution in [0.2, 0.25) is 0 Å². The van der Waals surface area contributed by atoms with Gasteiger partial charge in [0.2, 0.25) is 10.0 Å². The van der Waals surface area contributed by atoms with Gasteiger partial charge in [-0.05, 0) is 50.2 Å². The molecule has 0 amide bonds. The fourth-order valence-corrected chi connectivity index (χ4v) is 7.13. The second-order valence-corrected chi connectivity index (χ2v) is 11.4. The van der Waals surface area contributed by atoms with Crippen LogP contribution in [0.25, 0.3) is 0 Å². The van der Waals surface area contributed by atoms with Crippen LogP contribution >= 0.6 is 11.5 Å². The van der Waals surface area contributed by atoms with E-state index in [1.54, 1.807) is 0 Å². The highest BCUT2D eigenvalue weighted by molar-refractivity contribution is 7.89. The fourth-order valence-electron chi connectivity index (χ4n) is 4.82. The average Bonchev–Trinajstić information content (AvgIpc) is 3.11. The molecule has 0 unspecified atom stereocenters. The van der Waals surface area contributed by atoms with E-state index in [0.29, 0.717) is 11.7 Å². The summed E-state index contributed by atoms with van der Waals surface area (Å²) < 4.78 is 42.8. The van der Waals surface area contributed by atoms with Crippen LogP contribution in [0.15, 0.2) is 33.3 Å². The first-order valence-electron chi connectivity index (χ1n) is 10.7. The molecule has 3 N–H and O–H groups in total. The molecule has 8 nitrogen and oxygen atoms in total. The molecule has 0 saturated heterocycles. The summed E-state index contributed by atoms with van der Waals surface area (Å²) >= 11 is 1.53. The molecule has 2 fully saturated rings. The van der Waals surface area contributed by atoms with E-state index in [9.17, 15) is 17.6 Å². The van der Waals surface area contributed by atoms with Crippen LogP contribution in [0.3, 0.4) is 0 Å². The van der Waals surface area contributed by atoms with E-state index < -0.39 is 15.8 Å². The summed E-state index contributed by atoms with van der Waals surface area (Å²) in [5.74, 6) is 0.597. The SMILES string of the molecule is O=c1c(C2CC2)csn1[C@H]1CC[C@@H](c2cc(Nc3ccc4c(c3F)CNS4(=O)=O)n[nH]2)C1. The van der Waals surface area contributed by atoms with E-state index in [-0.39, 0.29) is 40.2 Å². The van der Waals surface area contributed by atoms with Gasteiger partial charge in [0.05, 0.1) is 10.6 Å². The third-order valence-electron chi connectivity index (χ3n) is 6.72. The predicted molar refractivity (Wildman–Crippen MR) is 118 cm³/mol. The van der Waals surface area contributed by atoms with Gasteiger partial charge in [-0.2, -0.15) is 5.10 Å². The summed E-state index contributed by atoms with van der Waals surface area (Å²) in [5.41, 5.74) is 2.43. The van der Waals surface area contributed by atoms with Crippen LogP contribution in [0.4, 0.5) is 15.9 Å². The molecule has 32 heavy (non-hydrogen) atoms. The number of nitrogens with zero attached hydrogens (tertiary/aromatic N) is 2. The van der Waals surface area contributed by atoms with Crippen LogP contribution in [0, 0.1) is 5.82 Å². The highest BCUT2D eigenvalue weighted by atomic mass is 32.2. The van der Waals surface area contributed by atoms with Gasteiger partial charge < -0.3 is 5.32 Å². The van der Waals surface area contributed by atoms with Crippen LogP contribution in [0.1, 0.15) is 66.8 Å². The van der Waals surface area contributed by atoms with Gasteiger partial charge in [0.1, 0.15) is 0 Å². The maximum absolute atomic E-state index is 14.8. The van der Waals surface area contributed by atoms with Crippen LogP contribution in [-0.2, 0) is 16.6 Å². The number of hydrogen-bond acceptors (Lipinski definition) is 6. The van der Waals surface area contributed by atoms with E-state index >= 15 is 0 Å². The number of rotatable bonds is 5. The maximum atomic E-state index is 14.8. The minimum atomic E-state index is -3.62. The fraction of sp³-hybridized carbons (Fsp3) is 0.429. The molecule has 2 aromatic heterocycles. The number of halogens is 1. The third-order valence-corrected chi connectivity index (χ3v) is 9.26. The van der Waals surface area contributed by atoms with Crippen molar-refractivity contribution < 1.29 is 12.8 Å². The highest BCUT2D eigenvalue weighted by Crippen LogP contribution is 2.43. The Balaban J connectivity index is 1.17. The number of aromatic amines is 1. The number of fused-ring (bicyclic) bond motifs is 1. The van der Waals surface area contributed by atoms with Crippen molar-refractivity contribution in [2.24, 2.45) is 0 Å². The standard InChI is InChI=1S/C21H22FN5O3S2/c22-20-14-9-23-32(29,30)18(14)6-5-16(20)24-19-8-17(25-26-19)12-3-4-13(7-12)27-21(28)15(10-31-27)11-1-2-11/h5-6,8,10-13,23H,1-4,7,9H2,(H2,24,25,26)/t12-,13+/m1/s1. The average molecular weight is 476 g/mol. The molecule has 6 rings (SSSR count). The van der Waals surface area contributed by atoms with E-state index in [4.69, 9.17) is 0 Å². The van der Waals surface area contributed by atoms with Gasteiger partial charge in [-0.1, -0.05) is 11.5 Å². The van der Waals surface area contributed by atoms with E-state index in [1.807, 2.05) is 15.4 Å². The molecular weight excluding hydrogens is 453 g/mol. The van der Waals surface area contributed by atoms with Gasteiger partial charge >= 0.3 is 0 Å². The largest absolute Gasteiger partial charge is 0.336 e. The first-order chi connectivity index (χ1) is 15.4. The van der Waals surface area contributed by atoms with Crippen molar-refractivity contribution in [1.82, 2.24) is 18.9 Å². The smallest absolute Gasteiger partial charge is 0.264 e. The number of aromatic nitrogens is 3. The summed E-state index contributed by atoms with van der Waals surface area (Å²) in [6, 6.07) is 4.88. The maximum Gasteiger partial charge on any atom is 0.264 e. The van der Waals surface area contributed by atoms with E-state index in [0.717, 1.165) is 43.4 Å². The molecule has 2 aliphatic carbocycles. The van der Waals surface area contributed by atoms with Gasteiger partial charge in [0.25, 0.3) is 5.56 Å². The van der Waals surface area contributed by atoms with Gasteiger partial charge in [-0.15, -0.1) is 0 Å². The van der Waals surface area contributed by atoms with Gasteiger partial charge in [0.15, 0.2) is 11.6 Å². The third kappa shape index (κ3) is 3.30. The number of anilines is 2. The Morgan fingerprint density at radius 1 is 1.19 bits per heavy atom. The van der Waals surface area contributed by atoms with Crippen LogP contribution in [-0.4, -0.2) is 22.6 Å². The number of sulfonamides is 1. The lowest BCUT2D eigenvalue weighted by molar-refractivity contribution is 0.531. The molecular formula is C21H22FN5O3S2. The van der Waals surface area contributed by atoms with Crippen LogP contribution in [0.5, 0.6) is 0 Å². The summed E-state index contributed by atoms with van der Waals surface area (Å²) in [4.78, 5) is 12.7. The molecule has 2 saturated carbocycles. The number of nitrogens with one attached hydrogen (secondary N) is 3. The first-order valence-corrected chi connectivity index (χ1v) is 13.1. The Kier molecular flexibility index (Phi) is 4.57. The van der Waals surface area contributed by atoms with Crippen molar-refractivity contribution >= 4 is 33.1 Å². The molecule has 3 aromatic rings. The van der Waals surface area contributed by atoms with E-state index in [2.05, 4.69) is 20.2 Å². The molecule has 0 spiro atoms. The minimum Gasteiger partial charge on any atom is -0.336 e. The number of hydrogen-bond donors (Lipinski definition) is 3. The lowest BCUT2D eigenvalue weighted by Crippen LogP contribution is -2.19. The summed E-state index contributed by atoms with van der Waals surface area (Å²) in [6.45, 7) is -0.0567. The second kappa shape index (κ2) is 7.26. The van der Waals surface area contributed by atoms with Crippen LogP contribution < -0.4 is 15.6 Å². The lowest BCUT2D eigenvalue weighted by Gasteiger charge is -2.10. The molecule has 1 aromatic carbocycles. The molecule has 0 bridgehead atoms. The Labute approximate surface area is 188 Å². The van der Waals surface area contributed by atoms with Crippen molar-refractivity contribution in [3.8, 4) is 0 Å². The Morgan fingerprint density at radius 2 is 2.00 bits per heavy atom. The zero-order valence-corrected chi connectivity index (χ0v) is 18.7. The molecule has 1 aliphatic heterocycles. The normalized spacial score (nSPS) is 24.0. The van der Waals surface area contributed by atoms with E-state index in [1.165, 1.54) is 23.7 Å².